The Morgan fingerprint density at radius 1 is 1.29 bits per heavy atom. The zero-order chi connectivity index (χ0) is 10.4. The molecule has 0 aromatic rings. The predicted molar refractivity (Wildman–Crippen MR) is 57.0 cm³/mol. The third-order valence-corrected chi connectivity index (χ3v) is 2.61. The van der Waals surface area contributed by atoms with Crippen molar-refractivity contribution in [2.45, 2.75) is 58.5 Å². The Hall–Kier alpha value is -0.790. The van der Waals surface area contributed by atoms with Crippen LogP contribution in [0.15, 0.2) is 11.6 Å². The second-order valence-electron chi connectivity index (χ2n) is 4.00. The summed E-state index contributed by atoms with van der Waals surface area (Å²) in [5.74, 6) is -0.136. The van der Waals surface area contributed by atoms with Gasteiger partial charge in [-0.1, -0.05) is 32.6 Å². The fourth-order valence-electron chi connectivity index (χ4n) is 1.70. The minimum Gasteiger partial charge on any atom is -0.455 e. The maximum Gasteiger partial charge on any atom is 0.334 e. The first-order valence-corrected chi connectivity index (χ1v) is 5.63. The number of rotatable bonds is 6. The van der Waals surface area contributed by atoms with Crippen LogP contribution in [0.25, 0.3) is 0 Å². The van der Waals surface area contributed by atoms with E-state index in [1.807, 2.05) is 13.0 Å². The fraction of sp³-hybridized carbons (Fsp3) is 0.750. The molecule has 0 bridgehead atoms. The minimum absolute atomic E-state index is 0.0594. The van der Waals surface area contributed by atoms with Gasteiger partial charge in [0.25, 0.3) is 0 Å². The minimum atomic E-state index is -0.136. The summed E-state index contributed by atoms with van der Waals surface area (Å²) in [4.78, 5) is 11.0. The Labute approximate surface area is 86.3 Å². The third kappa shape index (κ3) is 3.52. The number of hydrogen-bond donors (Lipinski definition) is 0. The van der Waals surface area contributed by atoms with Gasteiger partial charge in [0.15, 0.2) is 0 Å². The van der Waals surface area contributed by atoms with Gasteiger partial charge in [-0.3, -0.25) is 0 Å². The van der Waals surface area contributed by atoms with Crippen molar-refractivity contribution in [3.63, 3.8) is 0 Å². The molecular formula is C12H20O2. The van der Waals surface area contributed by atoms with Gasteiger partial charge in [-0.05, 0) is 25.8 Å². The lowest BCUT2D eigenvalue weighted by atomic mass is 10.1. The van der Waals surface area contributed by atoms with E-state index < -0.39 is 0 Å². The van der Waals surface area contributed by atoms with Gasteiger partial charge in [0, 0.05) is 5.57 Å². The molecule has 0 amide bonds. The van der Waals surface area contributed by atoms with Crippen LogP contribution in [-0.2, 0) is 9.53 Å². The van der Waals surface area contributed by atoms with Gasteiger partial charge >= 0.3 is 5.97 Å². The largest absolute Gasteiger partial charge is 0.455 e. The van der Waals surface area contributed by atoms with Gasteiger partial charge < -0.3 is 4.74 Å². The number of hydrogen-bond acceptors (Lipinski definition) is 2. The molecular weight excluding hydrogens is 176 g/mol. The molecule has 0 saturated carbocycles. The molecule has 0 spiro atoms. The van der Waals surface area contributed by atoms with E-state index in [9.17, 15) is 4.79 Å². The topological polar surface area (TPSA) is 26.3 Å². The molecule has 14 heavy (non-hydrogen) atoms. The molecule has 1 aliphatic heterocycles. The highest BCUT2D eigenvalue weighted by atomic mass is 16.5. The van der Waals surface area contributed by atoms with E-state index in [1.54, 1.807) is 0 Å². The Kier molecular flexibility index (Phi) is 4.71. The maximum atomic E-state index is 11.0. The van der Waals surface area contributed by atoms with Crippen molar-refractivity contribution >= 4 is 5.97 Å². The van der Waals surface area contributed by atoms with E-state index in [4.69, 9.17) is 4.74 Å². The van der Waals surface area contributed by atoms with Crippen molar-refractivity contribution in [3.05, 3.63) is 11.6 Å². The van der Waals surface area contributed by atoms with Gasteiger partial charge in [-0.2, -0.15) is 0 Å². The first kappa shape index (κ1) is 11.3. The quantitative estimate of drug-likeness (QED) is 0.481. The molecule has 1 unspecified atom stereocenters. The summed E-state index contributed by atoms with van der Waals surface area (Å²) in [7, 11) is 0. The highest BCUT2D eigenvalue weighted by Crippen LogP contribution is 2.18. The van der Waals surface area contributed by atoms with Crippen LogP contribution < -0.4 is 0 Å². The molecule has 0 radical (unpaired) electrons. The summed E-state index contributed by atoms with van der Waals surface area (Å²) in [6.45, 7) is 4.03. The normalized spacial score (nSPS) is 20.9. The second kappa shape index (κ2) is 5.84. The van der Waals surface area contributed by atoms with Crippen LogP contribution in [-0.4, -0.2) is 12.1 Å². The van der Waals surface area contributed by atoms with Crippen molar-refractivity contribution in [1.82, 2.24) is 0 Å². The number of esters is 1. The number of carbonyl (C=O) groups is 1. The van der Waals surface area contributed by atoms with Gasteiger partial charge in [-0.25, -0.2) is 4.79 Å². The Morgan fingerprint density at radius 3 is 2.57 bits per heavy atom. The summed E-state index contributed by atoms with van der Waals surface area (Å²) in [5, 5.41) is 0. The Bertz CT molecular complexity index is 218. The SMILES string of the molecule is CCCCCCCC1C=C(C)C(=O)O1. The van der Waals surface area contributed by atoms with E-state index in [1.165, 1.54) is 32.1 Å². The average molecular weight is 196 g/mol. The number of cyclic esters (lactones) is 1. The first-order chi connectivity index (χ1) is 6.74. The highest BCUT2D eigenvalue weighted by Gasteiger charge is 2.21. The lowest BCUT2D eigenvalue weighted by molar-refractivity contribution is -0.139. The summed E-state index contributed by atoms with van der Waals surface area (Å²) in [5.41, 5.74) is 0.767. The van der Waals surface area contributed by atoms with Crippen molar-refractivity contribution in [2.24, 2.45) is 0 Å². The number of ether oxygens (including phenoxy) is 1. The van der Waals surface area contributed by atoms with Crippen molar-refractivity contribution in [2.75, 3.05) is 0 Å². The van der Waals surface area contributed by atoms with Crippen LogP contribution in [0.5, 0.6) is 0 Å². The lowest BCUT2D eigenvalue weighted by Gasteiger charge is -2.07. The second-order valence-corrected chi connectivity index (χ2v) is 4.00. The first-order valence-electron chi connectivity index (χ1n) is 5.63. The zero-order valence-corrected chi connectivity index (χ0v) is 9.21. The molecule has 0 fully saturated rings. The zero-order valence-electron chi connectivity index (χ0n) is 9.21. The monoisotopic (exact) mass is 196 g/mol. The molecule has 1 heterocycles. The van der Waals surface area contributed by atoms with E-state index in [0.29, 0.717) is 0 Å². The molecule has 2 nitrogen and oxygen atoms in total. The molecule has 1 rings (SSSR count). The smallest absolute Gasteiger partial charge is 0.334 e. The third-order valence-electron chi connectivity index (χ3n) is 2.61. The molecule has 80 valence electrons. The fourth-order valence-corrected chi connectivity index (χ4v) is 1.70. The summed E-state index contributed by atoms with van der Waals surface area (Å²) in [6, 6.07) is 0. The van der Waals surface area contributed by atoms with Crippen LogP contribution in [0.1, 0.15) is 52.4 Å². The van der Waals surface area contributed by atoms with Crippen LogP contribution in [0.2, 0.25) is 0 Å². The summed E-state index contributed by atoms with van der Waals surface area (Å²) >= 11 is 0. The van der Waals surface area contributed by atoms with E-state index in [-0.39, 0.29) is 12.1 Å². The lowest BCUT2D eigenvalue weighted by Crippen LogP contribution is -2.07. The molecule has 0 aromatic heterocycles. The molecule has 0 aromatic carbocycles. The van der Waals surface area contributed by atoms with Crippen LogP contribution in [0.3, 0.4) is 0 Å². The molecule has 1 atom stereocenters. The van der Waals surface area contributed by atoms with Gasteiger partial charge in [0.1, 0.15) is 6.10 Å². The van der Waals surface area contributed by atoms with Gasteiger partial charge in [0.2, 0.25) is 0 Å². The van der Waals surface area contributed by atoms with Crippen LogP contribution >= 0.6 is 0 Å². The number of unbranched alkanes of at least 4 members (excludes halogenated alkanes) is 4. The van der Waals surface area contributed by atoms with Crippen LogP contribution in [0.4, 0.5) is 0 Å². The van der Waals surface area contributed by atoms with Crippen molar-refractivity contribution in [1.29, 1.82) is 0 Å². The Morgan fingerprint density at radius 2 is 2.00 bits per heavy atom. The van der Waals surface area contributed by atoms with E-state index >= 15 is 0 Å². The maximum absolute atomic E-state index is 11.0. The standard InChI is InChI=1S/C12H20O2/c1-3-4-5-6-7-8-11-9-10(2)12(13)14-11/h9,11H,3-8H2,1-2H3. The molecule has 0 N–H and O–H groups in total. The Balaban J connectivity index is 2.06. The van der Waals surface area contributed by atoms with Gasteiger partial charge in [0.05, 0.1) is 0 Å². The van der Waals surface area contributed by atoms with Crippen molar-refractivity contribution in [3.8, 4) is 0 Å². The predicted octanol–water partition coefficient (Wildman–Crippen LogP) is 3.22. The molecule has 2 heteroatoms. The average Bonchev–Trinajstić information content (AvgIpc) is 2.46. The van der Waals surface area contributed by atoms with Crippen LogP contribution in [0, 0.1) is 0 Å². The summed E-state index contributed by atoms with van der Waals surface area (Å²) in [6.07, 6.45) is 9.33. The van der Waals surface area contributed by atoms with E-state index in [0.717, 1.165) is 12.0 Å². The van der Waals surface area contributed by atoms with E-state index in [2.05, 4.69) is 6.92 Å². The highest BCUT2D eigenvalue weighted by molar-refractivity contribution is 5.90. The number of carbonyl (C=O) groups excluding carboxylic acids is 1. The van der Waals surface area contributed by atoms with Gasteiger partial charge in [-0.15, -0.1) is 0 Å². The molecule has 1 aliphatic rings. The van der Waals surface area contributed by atoms with Crippen molar-refractivity contribution < 1.29 is 9.53 Å². The summed E-state index contributed by atoms with van der Waals surface area (Å²) < 4.78 is 5.15. The molecule has 0 saturated heterocycles. The molecule has 0 aliphatic carbocycles.